The summed E-state index contributed by atoms with van der Waals surface area (Å²) in [5.74, 6) is -1.19. The fourth-order valence-corrected chi connectivity index (χ4v) is 3.11. The molecule has 0 aliphatic carbocycles. The number of aryl methyl sites for hydroxylation is 1. The Morgan fingerprint density at radius 1 is 1.00 bits per heavy atom. The molecule has 10 heteroatoms. The molecule has 0 saturated carbocycles. The van der Waals surface area contributed by atoms with Crippen molar-refractivity contribution in [2.75, 3.05) is 14.1 Å². The highest BCUT2D eigenvalue weighted by Gasteiger charge is 2.32. The summed E-state index contributed by atoms with van der Waals surface area (Å²) in [7, 11) is 3.38. The van der Waals surface area contributed by atoms with Crippen LogP contribution in [0.25, 0.3) is 0 Å². The zero-order chi connectivity index (χ0) is 24.6. The minimum atomic E-state index is -1.62. The predicted molar refractivity (Wildman–Crippen MR) is 136 cm³/mol. The fourth-order valence-electron chi connectivity index (χ4n) is 2.72. The lowest BCUT2D eigenvalue weighted by atomic mass is 10.0. The molecule has 0 radical (unpaired) electrons. The maximum Gasteiger partial charge on any atom is 0.340 e. The van der Waals surface area contributed by atoms with E-state index < -0.39 is 10.3 Å². The lowest BCUT2D eigenvalue weighted by Gasteiger charge is -2.13. The van der Waals surface area contributed by atoms with Crippen molar-refractivity contribution in [3.8, 4) is 0 Å². The molecule has 32 heavy (non-hydrogen) atoms. The number of hydrogen-bond acceptors (Lipinski definition) is 2. The average Bonchev–Trinajstić information content (AvgIpc) is 2.70. The van der Waals surface area contributed by atoms with Gasteiger partial charge in [0.15, 0.2) is 5.96 Å². The number of halogens is 3. The number of nitrogens with zero attached hydrogens (tertiary/aromatic N) is 2. The number of aliphatic carboxylic acids is 1. The van der Waals surface area contributed by atoms with E-state index in [-0.39, 0.29) is 11.9 Å². The zero-order valence-corrected chi connectivity index (χ0v) is 21.2. The van der Waals surface area contributed by atoms with Gasteiger partial charge >= 0.3 is 5.97 Å². The van der Waals surface area contributed by atoms with E-state index in [2.05, 4.69) is 17.1 Å². The van der Waals surface area contributed by atoms with Crippen LogP contribution < -0.4 is 11.5 Å². The smallest absolute Gasteiger partial charge is 0.340 e. The van der Waals surface area contributed by atoms with Crippen LogP contribution >= 0.6 is 34.8 Å². The third kappa shape index (κ3) is 16.0. The highest BCUT2D eigenvalue weighted by molar-refractivity contribution is 6.57. The molecule has 0 amide bonds. The van der Waals surface area contributed by atoms with Gasteiger partial charge in [0.25, 0.3) is 0 Å². The number of nitrogens with two attached hydrogens (primary N) is 2. The topological polar surface area (TPSA) is 129 Å². The maximum atomic E-state index is 10.7. The highest BCUT2D eigenvalue weighted by atomic mass is 35.5. The Balaban J connectivity index is 0.000000900. The van der Waals surface area contributed by atoms with E-state index >= 15 is 0 Å². The molecule has 0 aliphatic rings. The molecular formula is C22H36Cl3N5O2. The van der Waals surface area contributed by atoms with Crippen molar-refractivity contribution in [1.82, 2.24) is 4.90 Å². The normalized spacial score (nSPS) is 10.7. The molecule has 0 saturated heterocycles. The third-order valence-electron chi connectivity index (χ3n) is 4.59. The van der Waals surface area contributed by atoms with Gasteiger partial charge in [-0.1, -0.05) is 85.5 Å². The molecule has 0 aromatic heterocycles. The summed E-state index contributed by atoms with van der Waals surface area (Å²) in [6.07, 6.45) is 10.4. The van der Waals surface area contributed by atoms with Gasteiger partial charge in [0.05, 0.1) is 0 Å². The first-order valence-electron chi connectivity index (χ1n) is 10.7. The molecule has 7 nitrogen and oxygen atoms in total. The fraction of sp³-hybridized carbons (Fsp3) is 0.591. The first-order valence-corrected chi connectivity index (χ1v) is 11.8. The molecule has 0 aliphatic heterocycles. The van der Waals surface area contributed by atoms with E-state index in [0.717, 1.165) is 30.7 Å². The molecule has 6 N–H and O–H groups in total. The van der Waals surface area contributed by atoms with E-state index in [9.17, 15) is 4.79 Å². The Hall–Kier alpha value is -1.70. The Bertz CT molecular complexity index is 706. The lowest BCUT2D eigenvalue weighted by Crippen LogP contribution is -2.28. The molecule has 1 rings (SSSR count). The Kier molecular flexibility index (Phi) is 16.0. The number of unbranched alkanes of at least 4 members (excludes halogenated alkanes) is 7. The molecule has 1 aromatic carbocycles. The highest BCUT2D eigenvalue weighted by Crippen LogP contribution is 2.28. The first-order chi connectivity index (χ1) is 15.0. The van der Waals surface area contributed by atoms with Gasteiger partial charge in [-0.2, -0.15) is 4.99 Å². The number of rotatable bonds is 12. The van der Waals surface area contributed by atoms with E-state index in [1.807, 2.05) is 12.1 Å². The molecule has 0 unspecified atom stereocenters. The molecule has 182 valence electrons. The molecule has 0 atom stereocenters. The minimum Gasteiger partial charge on any atom is -0.479 e. The van der Waals surface area contributed by atoms with Gasteiger partial charge in [0, 0.05) is 19.1 Å². The van der Waals surface area contributed by atoms with Gasteiger partial charge in [0.2, 0.25) is 10.3 Å². The van der Waals surface area contributed by atoms with Gasteiger partial charge in [-0.05, 0) is 43.4 Å². The summed E-state index contributed by atoms with van der Waals surface area (Å²) < 4.78 is -1.62. The summed E-state index contributed by atoms with van der Waals surface area (Å²) in [6, 6.07) is 8.07. The molecule has 0 heterocycles. The van der Waals surface area contributed by atoms with Crippen molar-refractivity contribution in [3.63, 3.8) is 0 Å². The van der Waals surface area contributed by atoms with E-state index in [0.29, 0.717) is 6.42 Å². The molecule has 1 aromatic rings. The van der Waals surface area contributed by atoms with Crippen molar-refractivity contribution in [3.05, 3.63) is 34.9 Å². The number of carboxylic acid groups (broad SMARTS) is 1. The predicted octanol–water partition coefficient (Wildman–Crippen LogP) is 5.41. The molecular weight excluding hydrogens is 473 g/mol. The van der Waals surface area contributed by atoms with Crippen LogP contribution in [0.3, 0.4) is 0 Å². The number of nitrogens with one attached hydrogen (secondary N) is 1. The molecule has 0 spiro atoms. The SMILES string of the molecule is CN(C)C(=N)N=C(N)N.O=C(O)C(Cl)(Cl)CCCCCCCCCCc1ccc(Cl)cc1. The van der Waals surface area contributed by atoms with Crippen molar-refractivity contribution in [2.24, 2.45) is 16.5 Å². The van der Waals surface area contributed by atoms with Gasteiger partial charge in [0.1, 0.15) is 0 Å². The lowest BCUT2D eigenvalue weighted by molar-refractivity contribution is -0.138. The Labute approximate surface area is 206 Å². The number of carbonyl (C=O) groups is 1. The Morgan fingerprint density at radius 2 is 1.47 bits per heavy atom. The number of guanidine groups is 2. The van der Waals surface area contributed by atoms with E-state index in [4.69, 9.17) is 56.8 Å². The second kappa shape index (κ2) is 16.9. The van der Waals surface area contributed by atoms with Crippen LogP contribution in [-0.2, 0) is 11.2 Å². The first kappa shape index (κ1) is 30.3. The van der Waals surface area contributed by atoms with Crippen LogP contribution in [0.1, 0.15) is 63.4 Å². The quantitative estimate of drug-likeness (QED) is 0.130. The van der Waals surface area contributed by atoms with Gasteiger partial charge in [-0.15, -0.1) is 0 Å². The number of hydrogen-bond donors (Lipinski definition) is 4. The molecule has 0 bridgehead atoms. The van der Waals surface area contributed by atoms with Crippen LogP contribution in [0.4, 0.5) is 0 Å². The number of alkyl halides is 2. The number of carboxylic acids is 1. The van der Waals surface area contributed by atoms with Gasteiger partial charge in [-0.3, -0.25) is 5.41 Å². The number of benzene rings is 1. The van der Waals surface area contributed by atoms with Crippen LogP contribution in [0.2, 0.25) is 5.02 Å². The second-order valence-corrected chi connectivity index (χ2v) is 9.64. The zero-order valence-electron chi connectivity index (χ0n) is 18.9. The Morgan fingerprint density at radius 3 is 1.88 bits per heavy atom. The monoisotopic (exact) mass is 507 g/mol. The van der Waals surface area contributed by atoms with E-state index in [1.54, 1.807) is 14.1 Å². The third-order valence-corrected chi connectivity index (χ3v) is 5.54. The second-order valence-electron chi connectivity index (χ2n) is 7.72. The van der Waals surface area contributed by atoms with Crippen LogP contribution in [-0.4, -0.2) is 46.3 Å². The largest absolute Gasteiger partial charge is 0.479 e. The van der Waals surface area contributed by atoms with Crippen molar-refractivity contribution in [1.29, 1.82) is 5.41 Å². The standard InChI is InChI=1S/C18H25Cl3O2.C4H11N5/c19-16-12-10-15(11-13-16)9-7-5-3-1-2-4-6-8-14-18(20,21)17(22)23;1-9(2)4(7)8-3(5)6/h10-13H,1-9,14H2,(H,22,23);1-2H3,(H5,5,6,7,8). The summed E-state index contributed by atoms with van der Waals surface area (Å²) in [4.78, 5) is 15.7. The summed E-state index contributed by atoms with van der Waals surface area (Å²) in [5.41, 5.74) is 11.3. The van der Waals surface area contributed by atoms with Crippen molar-refractivity contribution >= 4 is 52.7 Å². The van der Waals surface area contributed by atoms with Crippen LogP contribution in [0.15, 0.2) is 29.3 Å². The van der Waals surface area contributed by atoms with Crippen molar-refractivity contribution in [2.45, 2.75) is 68.5 Å². The summed E-state index contributed by atoms with van der Waals surface area (Å²) in [6.45, 7) is 0. The van der Waals surface area contributed by atoms with Crippen LogP contribution in [0.5, 0.6) is 0 Å². The molecule has 0 fully saturated rings. The number of aliphatic imine (C=N–C) groups is 1. The maximum absolute atomic E-state index is 10.7. The average molecular weight is 509 g/mol. The van der Waals surface area contributed by atoms with Crippen LogP contribution in [0, 0.1) is 5.41 Å². The minimum absolute atomic E-state index is 0.0509. The van der Waals surface area contributed by atoms with Gasteiger partial charge in [-0.25, -0.2) is 4.79 Å². The summed E-state index contributed by atoms with van der Waals surface area (Å²) >= 11 is 17.2. The van der Waals surface area contributed by atoms with E-state index in [1.165, 1.54) is 42.6 Å². The summed E-state index contributed by atoms with van der Waals surface area (Å²) in [5, 5.41) is 16.6. The van der Waals surface area contributed by atoms with Gasteiger partial charge < -0.3 is 21.5 Å². The van der Waals surface area contributed by atoms with Crippen molar-refractivity contribution < 1.29 is 9.90 Å².